The Bertz CT molecular complexity index is 1170. The normalized spacial score (nSPS) is 10.9. The standard InChI is InChI=1S/C22H20FN5OS/c1-3-29-21-19-20(24-13-18(26-19)15-5-4-6-17(11-15)30-2)27-22(28-21)25-12-14-7-9-16(23)10-8-14/h4-11,13H,3,12H2,1-2H3,(H,24,25,27,28). The topological polar surface area (TPSA) is 72.8 Å². The molecule has 2 heterocycles. The molecule has 0 saturated heterocycles. The van der Waals surface area contributed by atoms with Crippen molar-refractivity contribution in [2.24, 2.45) is 0 Å². The van der Waals surface area contributed by atoms with E-state index < -0.39 is 0 Å². The average Bonchev–Trinajstić information content (AvgIpc) is 2.78. The largest absolute Gasteiger partial charge is 0.476 e. The first-order valence-corrected chi connectivity index (χ1v) is 10.7. The molecule has 4 rings (SSSR count). The maximum atomic E-state index is 13.1. The number of hydrogen-bond donors (Lipinski definition) is 1. The number of rotatable bonds is 7. The van der Waals surface area contributed by atoms with Gasteiger partial charge in [-0.2, -0.15) is 9.97 Å². The lowest BCUT2D eigenvalue weighted by molar-refractivity contribution is 0.330. The molecule has 1 N–H and O–H groups in total. The molecule has 0 atom stereocenters. The highest BCUT2D eigenvalue weighted by Gasteiger charge is 2.13. The molecule has 0 fully saturated rings. The molecule has 0 amide bonds. The summed E-state index contributed by atoms with van der Waals surface area (Å²) in [6.07, 6.45) is 3.74. The zero-order valence-electron chi connectivity index (χ0n) is 16.6. The fraction of sp³-hybridized carbons (Fsp3) is 0.182. The molecule has 0 aliphatic rings. The zero-order valence-corrected chi connectivity index (χ0v) is 17.4. The third kappa shape index (κ3) is 4.49. The van der Waals surface area contributed by atoms with E-state index >= 15 is 0 Å². The number of ether oxygens (including phenoxy) is 1. The molecule has 0 bridgehead atoms. The molecule has 0 aliphatic carbocycles. The predicted octanol–water partition coefficient (Wildman–Crippen LogP) is 4.96. The molecule has 152 valence electrons. The molecule has 0 unspecified atom stereocenters. The van der Waals surface area contributed by atoms with Crippen LogP contribution < -0.4 is 10.1 Å². The Kier molecular flexibility index (Phi) is 6.04. The molecule has 30 heavy (non-hydrogen) atoms. The van der Waals surface area contributed by atoms with E-state index in [1.54, 1.807) is 30.1 Å². The number of aromatic nitrogens is 4. The van der Waals surface area contributed by atoms with E-state index in [0.29, 0.717) is 36.1 Å². The highest BCUT2D eigenvalue weighted by Crippen LogP contribution is 2.27. The van der Waals surface area contributed by atoms with Crippen molar-refractivity contribution in [1.82, 2.24) is 19.9 Å². The number of nitrogens with one attached hydrogen (secondary N) is 1. The number of nitrogens with zero attached hydrogens (tertiary/aromatic N) is 4. The van der Waals surface area contributed by atoms with E-state index in [1.165, 1.54) is 12.1 Å². The van der Waals surface area contributed by atoms with Gasteiger partial charge in [-0.05, 0) is 43.0 Å². The predicted molar refractivity (Wildman–Crippen MR) is 117 cm³/mol. The van der Waals surface area contributed by atoms with Crippen LogP contribution in [0.5, 0.6) is 5.88 Å². The summed E-state index contributed by atoms with van der Waals surface area (Å²) in [5.74, 6) is 0.481. The minimum Gasteiger partial charge on any atom is -0.476 e. The second kappa shape index (κ2) is 9.04. The summed E-state index contributed by atoms with van der Waals surface area (Å²) in [5, 5.41) is 3.14. The summed E-state index contributed by atoms with van der Waals surface area (Å²) >= 11 is 1.67. The maximum absolute atomic E-state index is 13.1. The van der Waals surface area contributed by atoms with Crippen molar-refractivity contribution in [2.75, 3.05) is 18.2 Å². The van der Waals surface area contributed by atoms with Crippen LogP contribution in [0.25, 0.3) is 22.4 Å². The van der Waals surface area contributed by atoms with Crippen molar-refractivity contribution in [3.05, 3.63) is 66.1 Å². The van der Waals surface area contributed by atoms with Crippen LogP contribution in [-0.4, -0.2) is 32.8 Å². The lowest BCUT2D eigenvalue weighted by Crippen LogP contribution is -2.07. The Morgan fingerprint density at radius 2 is 1.90 bits per heavy atom. The number of halogens is 1. The number of thioether (sulfide) groups is 1. The highest BCUT2D eigenvalue weighted by atomic mass is 32.2. The first-order chi connectivity index (χ1) is 14.7. The number of fused-ring (bicyclic) bond motifs is 1. The van der Waals surface area contributed by atoms with Crippen molar-refractivity contribution in [1.29, 1.82) is 0 Å². The van der Waals surface area contributed by atoms with Crippen LogP contribution in [0.3, 0.4) is 0 Å². The lowest BCUT2D eigenvalue weighted by atomic mass is 10.1. The maximum Gasteiger partial charge on any atom is 0.247 e. The molecule has 0 aliphatic heterocycles. The van der Waals surface area contributed by atoms with E-state index in [9.17, 15) is 4.39 Å². The van der Waals surface area contributed by atoms with Gasteiger partial charge in [-0.15, -0.1) is 11.8 Å². The van der Waals surface area contributed by atoms with Gasteiger partial charge in [0.15, 0.2) is 11.2 Å². The van der Waals surface area contributed by atoms with Gasteiger partial charge in [0.1, 0.15) is 5.82 Å². The fourth-order valence-electron chi connectivity index (χ4n) is 2.90. The van der Waals surface area contributed by atoms with Gasteiger partial charge in [0.2, 0.25) is 11.8 Å². The Balaban J connectivity index is 1.67. The van der Waals surface area contributed by atoms with Gasteiger partial charge in [0.25, 0.3) is 0 Å². The van der Waals surface area contributed by atoms with Gasteiger partial charge in [-0.25, -0.2) is 14.4 Å². The van der Waals surface area contributed by atoms with Crippen LogP contribution in [0.1, 0.15) is 12.5 Å². The Hall–Kier alpha value is -3.26. The van der Waals surface area contributed by atoms with Crippen LogP contribution in [0, 0.1) is 5.82 Å². The Morgan fingerprint density at radius 3 is 2.67 bits per heavy atom. The van der Waals surface area contributed by atoms with Gasteiger partial charge in [0, 0.05) is 17.0 Å². The van der Waals surface area contributed by atoms with Crippen LogP contribution in [0.2, 0.25) is 0 Å². The van der Waals surface area contributed by atoms with E-state index in [2.05, 4.69) is 32.4 Å². The number of hydrogen-bond acceptors (Lipinski definition) is 7. The molecule has 2 aromatic heterocycles. The van der Waals surface area contributed by atoms with Gasteiger partial charge >= 0.3 is 0 Å². The first-order valence-electron chi connectivity index (χ1n) is 9.46. The van der Waals surface area contributed by atoms with Crippen LogP contribution >= 0.6 is 11.8 Å². The first kappa shape index (κ1) is 20.0. The summed E-state index contributed by atoms with van der Waals surface area (Å²) in [6, 6.07) is 14.4. The summed E-state index contributed by atoms with van der Waals surface area (Å²) in [5.41, 5.74) is 3.57. The summed E-state index contributed by atoms with van der Waals surface area (Å²) in [7, 11) is 0. The van der Waals surface area contributed by atoms with Crippen LogP contribution in [0.15, 0.2) is 59.6 Å². The molecule has 0 spiro atoms. The average molecular weight is 422 g/mol. The van der Waals surface area contributed by atoms with Crippen molar-refractivity contribution in [2.45, 2.75) is 18.4 Å². The van der Waals surface area contributed by atoms with Crippen LogP contribution in [-0.2, 0) is 6.54 Å². The summed E-state index contributed by atoms with van der Waals surface area (Å²) in [4.78, 5) is 19.3. The van der Waals surface area contributed by atoms with E-state index in [-0.39, 0.29) is 5.82 Å². The van der Waals surface area contributed by atoms with Crippen molar-refractivity contribution >= 4 is 28.9 Å². The SMILES string of the molecule is CCOc1nc(NCc2ccc(F)cc2)nc2ncc(-c3cccc(SC)c3)nc12. The molecule has 2 aromatic carbocycles. The molecular weight excluding hydrogens is 401 g/mol. The van der Waals surface area contributed by atoms with Crippen molar-refractivity contribution in [3.8, 4) is 17.1 Å². The van der Waals surface area contributed by atoms with E-state index in [1.807, 2.05) is 25.3 Å². The van der Waals surface area contributed by atoms with Crippen molar-refractivity contribution < 1.29 is 9.13 Å². The Labute approximate surface area is 178 Å². The number of benzene rings is 2. The van der Waals surface area contributed by atoms with E-state index in [4.69, 9.17) is 9.72 Å². The van der Waals surface area contributed by atoms with Crippen LogP contribution in [0.4, 0.5) is 10.3 Å². The third-order valence-corrected chi connectivity index (χ3v) is 5.11. The van der Waals surface area contributed by atoms with Gasteiger partial charge < -0.3 is 10.1 Å². The molecule has 4 aromatic rings. The van der Waals surface area contributed by atoms with Gasteiger partial charge in [-0.1, -0.05) is 24.3 Å². The molecular formula is C22H20FN5OS. The van der Waals surface area contributed by atoms with Crippen molar-refractivity contribution in [3.63, 3.8) is 0 Å². The monoisotopic (exact) mass is 421 g/mol. The zero-order chi connectivity index (χ0) is 20.9. The smallest absolute Gasteiger partial charge is 0.247 e. The number of anilines is 1. The molecule has 6 nitrogen and oxygen atoms in total. The van der Waals surface area contributed by atoms with Gasteiger partial charge in [-0.3, -0.25) is 0 Å². The molecule has 8 heteroatoms. The lowest BCUT2D eigenvalue weighted by Gasteiger charge is -2.11. The molecule has 0 saturated carbocycles. The van der Waals surface area contributed by atoms with Gasteiger partial charge in [0.05, 0.1) is 18.5 Å². The fourth-order valence-corrected chi connectivity index (χ4v) is 3.36. The summed E-state index contributed by atoms with van der Waals surface area (Å²) in [6.45, 7) is 2.78. The minimum absolute atomic E-state index is 0.270. The second-order valence-corrected chi connectivity index (χ2v) is 7.30. The van der Waals surface area contributed by atoms with E-state index in [0.717, 1.165) is 21.7 Å². The highest BCUT2D eigenvalue weighted by molar-refractivity contribution is 7.98. The summed E-state index contributed by atoms with van der Waals surface area (Å²) < 4.78 is 18.8. The Morgan fingerprint density at radius 1 is 1.07 bits per heavy atom. The quantitative estimate of drug-likeness (QED) is 0.423. The minimum atomic E-state index is -0.270. The second-order valence-electron chi connectivity index (χ2n) is 6.42. The third-order valence-electron chi connectivity index (χ3n) is 4.39. The molecule has 0 radical (unpaired) electrons.